The predicted octanol–water partition coefficient (Wildman–Crippen LogP) is 4.32. The molecular formula is C22H20N2O6S2. The van der Waals surface area contributed by atoms with Gasteiger partial charge in [0.1, 0.15) is 4.90 Å². The number of aromatic nitrogens is 1. The summed E-state index contributed by atoms with van der Waals surface area (Å²) in [5, 5.41) is 4.38. The van der Waals surface area contributed by atoms with Gasteiger partial charge in [-0.1, -0.05) is 47.1 Å². The summed E-state index contributed by atoms with van der Waals surface area (Å²) in [6, 6.07) is 15.4. The van der Waals surface area contributed by atoms with Crippen molar-refractivity contribution in [3.63, 3.8) is 0 Å². The van der Waals surface area contributed by atoms with Crippen LogP contribution < -0.4 is 8.91 Å². The van der Waals surface area contributed by atoms with Crippen LogP contribution in [0.2, 0.25) is 0 Å². The van der Waals surface area contributed by atoms with E-state index in [4.69, 9.17) is 8.71 Å². The Hall–Kier alpha value is -3.37. The molecule has 8 nitrogen and oxygen atoms in total. The number of fused-ring (bicyclic) bond motifs is 1. The smallest absolute Gasteiger partial charge is 0.339 e. The molecule has 0 bridgehead atoms. The molecule has 0 saturated heterocycles. The van der Waals surface area contributed by atoms with Crippen LogP contribution in [0.1, 0.15) is 16.8 Å². The lowest BCUT2D eigenvalue weighted by molar-refractivity contribution is 0.430. The summed E-state index contributed by atoms with van der Waals surface area (Å²) in [6.45, 7) is 5.24. The Morgan fingerprint density at radius 3 is 2.16 bits per heavy atom. The minimum Gasteiger partial charge on any atom is -0.378 e. The van der Waals surface area contributed by atoms with E-state index < -0.39 is 20.1 Å². The van der Waals surface area contributed by atoms with E-state index in [-0.39, 0.29) is 21.4 Å². The van der Waals surface area contributed by atoms with Crippen LogP contribution in [-0.4, -0.2) is 22.0 Å². The lowest BCUT2D eigenvalue weighted by Crippen LogP contribution is -2.14. The van der Waals surface area contributed by atoms with E-state index >= 15 is 0 Å². The number of anilines is 1. The highest BCUT2D eigenvalue weighted by molar-refractivity contribution is 7.93. The first-order valence-electron chi connectivity index (χ1n) is 9.57. The Morgan fingerprint density at radius 1 is 0.844 bits per heavy atom. The van der Waals surface area contributed by atoms with Crippen LogP contribution in [-0.2, 0) is 20.1 Å². The molecule has 0 aliphatic carbocycles. The number of nitrogens with one attached hydrogen (secondary N) is 1. The fourth-order valence-electron chi connectivity index (χ4n) is 3.12. The molecule has 4 rings (SSSR count). The lowest BCUT2D eigenvalue weighted by atomic mass is 10.1. The van der Waals surface area contributed by atoms with Gasteiger partial charge in [0.15, 0.2) is 5.75 Å². The highest BCUT2D eigenvalue weighted by Gasteiger charge is 2.23. The Morgan fingerprint density at radius 2 is 1.50 bits per heavy atom. The second-order valence-corrected chi connectivity index (χ2v) is 10.5. The Bertz CT molecular complexity index is 1520. The number of hydrogen-bond donors (Lipinski definition) is 1. The van der Waals surface area contributed by atoms with Crippen LogP contribution in [0.4, 0.5) is 5.88 Å². The van der Waals surface area contributed by atoms with Crippen molar-refractivity contribution >= 4 is 36.8 Å². The van der Waals surface area contributed by atoms with Crippen LogP contribution in [0, 0.1) is 20.8 Å². The van der Waals surface area contributed by atoms with Crippen molar-refractivity contribution in [1.29, 1.82) is 0 Å². The molecule has 0 fully saturated rings. The molecule has 1 N–H and O–H groups in total. The Labute approximate surface area is 186 Å². The van der Waals surface area contributed by atoms with Gasteiger partial charge in [0, 0.05) is 16.3 Å². The zero-order valence-corrected chi connectivity index (χ0v) is 19.1. The maximum absolute atomic E-state index is 13.1. The van der Waals surface area contributed by atoms with Crippen LogP contribution in [0.15, 0.2) is 75.0 Å². The number of aryl methyl sites for hydroxylation is 2. The van der Waals surface area contributed by atoms with Crippen molar-refractivity contribution in [1.82, 2.24) is 5.16 Å². The summed E-state index contributed by atoms with van der Waals surface area (Å²) in [5.41, 5.74) is 2.05. The fraction of sp³-hybridized carbons (Fsp3) is 0.136. The maximum atomic E-state index is 13.1. The molecular weight excluding hydrogens is 452 g/mol. The molecule has 4 aromatic rings. The largest absolute Gasteiger partial charge is 0.378 e. The molecule has 0 amide bonds. The summed E-state index contributed by atoms with van der Waals surface area (Å²) in [5.74, 6) is 0.0423. The van der Waals surface area contributed by atoms with Gasteiger partial charge in [0.25, 0.3) is 10.0 Å². The number of nitrogens with zero attached hydrogens (tertiary/aromatic N) is 1. The minimum atomic E-state index is -4.11. The molecule has 0 atom stereocenters. The standard InChI is InChI=1S/C22H20N2O6S2/c1-14-10-12-17(13-11-14)32(27,28)30-20-8-4-7-19-18(20)6-5-9-21(19)31(25,26)24-22-15(2)16(3)23-29-22/h4-13,24H,1-3H3. The molecule has 0 unspecified atom stereocenters. The van der Waals surface area contributed by atoms with Crippen molar-refractivity contribution in [2.24, 2.45) is 0 Å². The van der Waals surface area contributed by atoms with E-state index in [2.05, 4.69) is 9.88 Å². The zero-order chi connectivity index (χ0) is 23.1. The lowest BCUT2D eigenvalue weighted by Gasteiger charge is -2.13. The highest BCUT2D eigenvalue weighted by atomic mass is 32.2. The number of benzene rings is 3. The van der Waals surface area contributed by atoms with E-state index in [1.54, 1.807) is 38.1 Å². The van der Waals surface area contributed by atoms with Crippen molar-refractivity contribution < 1.29 is 25.5 Å². The van der Waals surface area contributed by atoms with Crippen LogP contribution >= 0.6 is 0 Å². The minimum absolute atomic E-state index is 0.00158. The highest BCUT2D eigenvalue weighted by Crippen LogP contribution is 2.33. The van der Waals surface area contributed by atoms with Gasteiger partial charge in [-0.2, -0.15) is 8.42 Å². The molecule has 166 valence electrons. The summed E-state index contributed by atoms with van der Waals surface area (Å²) in [4.78, 5) is -0.0525. The summed E-state index contributed by atoms with van der Waals surface area (Å²) >= 11 is 0. The number of rotatable bonds is 6. The van der Waals surface area contributed by atoms with Gasteiger partial charge in [-0.3, -0.25) is 0 Å². The SMILES string of the molecule is Cc1ccc(S(=O)(=O)Oc2cccc3c(S(=O)(=O)Nc4onc(C)c4C)cccc23)cc1. The third kappa shape index (κ3) is 4.06. The van der Waals surface area contributed by atoms with Crippen molar-refractivity contribution in [3.8, 4) is 5.75 Å². The molecule has 3 aromatic carbocycles. The topological polar surface area (TPSA) is 116 Å². The maximum Gasteiger partial charge on any atom is 0.339 e. The summed E-state index contributed by atoms with van der Waals surface area (Å²) in [6.07, 6.45) is 0. The number of sulfonamides is 1. The van der Waals surface area contributed by atoms with Crippen molar-refractivity contribution in [2.45, 2.75) is 30.6 Å². The zero-order valence-electron chi connectivity index (χ0n) is 17.5. The molecule has 1 aromatic heterocycles. The van der Waals surface area contributed by atoms with Crippen LogP contribution in [0.3, 0.4) is 0 Å². The van der Waals surface area contributed by atoms with Gasteiger partial charge in [0.2, 0.25) is 5.88 Å². The average Bonchev–Trinajstić information content (AvgIpc) is 3.05. The Balaban J connectivity index is 1.76. The first kappa shape index (κ1) is 21.8. The van der Waals surface area contributed by atoms with Gasteiger partial charge in [0.05, 0.1) is 10.6 Å². The van der Waals surface area contributed by atoms with Crippen LogP contribution in [0.25, 0.3) is 10.8 Å². The predicted molar refractivity (Wildman–Crippen MR) is 120 cm³/mol. The molecule has 1 heterocycles. The average molecular weight is 473 g/mol. The Kier molecular flexibility index (Phi) is 5.43. The van der Waals surface area contributed by atoms with E-state index in [1.807, 2.05) is 6.92 Å². The van der Waals surface area contributed by atoms with E-state index in [0.29, 0.717) is 22.0 Å². The van der Waals surface area contributed by atoms with Gasteiger partial charge < -0.3 is 8.71 Å². The normalized spacial score (nSPS) is 12.1. The summed E-state index contributed by atoms with van der Waals surface area (Å²) < 4.78 is 64.5. The third-order valence-electron chi connectivity index (χ3n) is 5.02. The molecule has 0 radical (unpaired) electrons. The number of hydrogen-bond acceptors (Lipinski definition) is 7. The van der Waals surface area contributed by atoms with E-state index in [9.17, 15) is 16.8 Å². The van der Waals surface area contributed by atoms with Gasteiger partial charge >= 0.3 is 10.1 Å². The molecule has 10 heteroatoms. The molecule has 0 spiro atoms. The fourth-order valence-corrected chi connectivity index (χ4v) is 5.34. The van der Waals surface area contributed by atoms with Crippen molar-refractivity contribution in [3.05, 3.63) is 77.5 Å². The van der Waals surface area contributed by atoms with Crippen molar-refractivity contribution in [2.75, 3.05) is 4.72 Å². The van der Waals surface area contributed by atoms with Gasteiger partial charge in [-0.05, 0) is 45.0 Å². The first-order chi connectivity index (χ1) is 15.1. The first-order valence-corrected chi connectivity index (χ1v) is 12.5. The van der Waals surface area contributed by atoms with Crippen LogP contribution in [0.5, 0.6) is 5.75 Å². The third-order valence-corrected chi connectivity index (χ3v) is 7.66. The van der Waals surface area contributed by atoms with E-state index in [0.717, 1.165) is 5.56 Å². The van der Waals surface area contributed by atoms with E-state index in [1.165, 1.54) is 36.4 Å². The van der Waals surface area contributed by atoms with Gasteiger partial charge in [-0.25, -0.2) is 13.1 Å². The monoisotopic (exact) mass is 472 g/mol. The molecule has 0 aliphatic rings. The molecule has 0 saturated carbocycles. The van der Waals surface area contributed by atoms with Gasteiger partial charge in [-0.15, -0.1) is 0 Å². The molecule has 0 aliphatic heterocycles. The quantitative estimate of drug-likeness (QED) is 0.415. The molecule has 32 heavy (non-hydrogen) atoms. The second-order valence-electron chi connectivity index (χ2n) is 7.29. The summed E-state index contributed by atoms with van der Waals surface area (Å²) in [7, 11) is -8.16. The second kappa shape index (κ2) is 7.95.